The molecule has 3 N–H and O–H groups in total. The van der Waals surface area contributed by atoms with Crippen molar-refractivity contribution in [2.75, 3.05) is 11.4 Å². The fraction of sp³-hybridized carbons (Fsp3) is 0.375. The maximum atomic E-state index is 13.9. The molecule has 0 saturated heterocycles. The van der Waals surface area contributed by atoms with Crippen molar-refractivity contribution in [3.63, 3.8) is 0 Å². The lowest BCUT2D eigenvalue weighted by atomic mass is 10.0. The standard InChI is InChI=1S/C32H37N5O5/c1-19(2)16-24(34-32(41)37-15-9-11-21-10-5-7-13-26(21)37)29(38)33-25(30-35-28(31(39)40)20(3)42-30)17-22-18-36(4)27-14-8-6-12-23(22)27/h5-8,10,12-14,18-19,24-25H,9,11,15-17H2,1-4H3,(H,33,38)(H,34,41)(H,39,40)/t24?,25-/m1/s1. The molecule has 42 heavy (non-hydrogen) atoms. The number of urea groups is 1. The number of aromatic nitrogens is 2. The molecule has 3 amide bonds. The van der Waals surface area contributed by atoms with E-state index in [-0.39, 0.29) is 35.2 Å². The van der Waals surface area contributed by atoms with Crippen molar-refractivity contribution in [1.29, 1.82) is 0 Å². The molecule has 220 valence electrons. The first-order valence-corrected chi connectivity index (χ1v) is 14.3. The quantitative estimate of drug-likeness (QED) is 0.255. The Morgan fingerprint density at radius 1 is 1.07 bits per heavy atom. The second kappa shape index (κ2) is 12.1. The number of carboxylic acids is 1. The van der Waals surface area contributed by atoms with Crippen LogP contribution in [0.4, 0.5) is 10.5 Å². The molecule has 4 aromatic rings. The highest BCUT2D eigenvalue weighted by Gasteiger charge is 2.31. The van der Waals surface area contributed by atoms with E-state index in [1.54, 1.807) is 4.90 Å². The number of hydrogen-bond donors (Lipinski definition) is 3. The van der Waals surface area contributed by atoms with Gasteiger partial charge in [-0.05, 0) is 55.4 Å². The van der Waals surface area contributed by atoms with Crippen LogP contribution in [0.25, 0.3) is 10.9 Å². The molecule has 0 bridgehead atoms. The molecule has 1 aliphatic heterocycles. The molecular weight excluding hydrogens is 534 g/mol. The smallest absolute Gasteiger partial charge is 0.358 e. The molecule has 1 aliphatic rings. The summed E-state index contributed by atoms with van der Waals surface area (Å²) in [6.07, 6.45) is 4.46. The normalized spacial score (nSPS) is 14.5. The number of fused-ring (bicyclic) bond motifs is 2. The number of carbonyl (C=O) groups is 3. The number of anilines is 1. The highest BCUT2D eigenvalue weighted by atomic mass is 16.4. The molecule has 0 aliphatic carbocycles. The number of nitrogens with zero attached hydrogens (tertiary/aromatic N) is 3. The molecule has 2 aromatic heterocycles. The maximum Gasteiger partial charge on any atom is 0.358 e. The number of carbonyl (C=O) groups excluding carboxylic acids is 2. The lowest BCUT2D eigenvalue weighted by Crippen LogP contribution is -2.53. The van der Waals surface area contributed by atoms with Crippen LogP contribution in [0.15, 0.2) is 59.1 Å². The highest BCUT2D eigenvalue weighted by molar-refractivity contribution is 5.96. The lowest BCUT2D eigenvalue weighted by molar-refractivity contribution is -0.124. The fourth-order valence-corrected chi connectivity index (χ4v) is 5.72. The maximum absolute atomic E-state index is 13.9. The van der Waals surface area contributed by atoms with Crippen molar-refractivity contribution >= 4 is 34.5 Å². The number of para-hydroxylation sites is 2. The predicted octanol–water partition coefficient (Wildman–Crippen LogP) is 5.15. The van der Waals surface area contributed by atoms with E-state index in [9.17, 15) is 19.5 Å². The largest absolute Gasteiger partial charge is 0.476 e. The van der Waals surface area contributed by atoms with Crippen LogP contribution >= 0.6 is 0 Å². The molecule has 2 aromatic carbocycles. The van der Waals surface area contributed by atoms with Crippen molar-refractivity contribution in [1.82, 2.24) is 20.2 Å². The van der Waals surface area contributed by atoms with Gasteiger partial charge in [0.2, 0.25) is 11.8 Å². The summed E-state index contributed by atoms with van der Waals surface area (Å²) in [6, 6.07) is 13.8. The van der Waals surface area contributed by atoms with E-state index < -0.39 is 18.1 Å². The predicted molar refractivity (Wildman–Crippen MR) is 160 cm³/mol. The van der Waals surface area contributed by atoms with E-state index in [2.05, 4.69) is 15.6 Å². The first-order valence-electron chi connectivity index (χ1n) is 14.3. The molecule has 0 saturated carbocycles. The van der Waals surface area contributed by atoms with Gasteiger partial charge in [0.05, 0.1) is 0 Å². The molecule has 3 heterocycles. The van der Waals surface area contributed by atoms with Gasteiger partial charge in [-0.2, -0.15) is 0 Å². The summed E-state index contributed by atoms with van der Waals surface area (Å²) in [5.41, 5.74) is 3.74. The zero-order valence-electron chi connectivity index (χ0n) is 24.4. The molecule has 0 fully saturated rings. The Morgan fingerprint density at radius 2 is 1.81 bits per heavy atom. The van der Waals surface area contributed by atoms with E-state index in [1.807, 2.05) is 80.2 Å². The molecule has 2 atom stereocenters. The summed E-state index contributed by atoms with van der Waals surface area (Å²) in [5, 5.41) is 16.6. The van der Waals surface area contributed by atoms with Crippen molar-refractivity contribution in [3.8, 4) is 0 Å². The van der Waals surface area contributed by atoms with E-state index in [0.717, 1.165) is 40.6 Å². The van der Waals surface area contributed by atoms with Gasteiger partial charge in [-0.3, -0.25) is 9.69 Å². The van der Waals surface area contributed by atoms with Crippen molar-refractivity contribution in [2.24, 2.45) is 13.0 Å². The number of oxazole rings is 1. The van der Waals surface area contributed by atoms with Crippen molar-refractivity contribution in [2.45, 2.75) is 58.5 Å². The average Bonchev–Trinajstić information content (AvgIpc) is 3.51. The van der Waals surface area contributed by atoms with E-state index in [1.165, 1.54) is 6.92 Å². The summed E-state index contributed by atoms with van der Waals surface area (Å²) in [4.78, 5) is 45.1. The van der Waals surface area contributed by atoms with Gasteiger partial charge in [0.25, 0.3) is 0 Å². The Morgan fingerprint density at radius 3 is 2.55 bits per heavy atom. The monoisotopic (exact) mass is 571 g/mol. The number of nitrogens with one attached hydrogen (secondary N) is 2. The summed E-state index contributed by atoms with van der Waals surface area (Å²) in [7, 11) is 1.95. The number of aromatic carboxylic acids is 1. The van der Waals surface area contributed by atoms with Crippen molar-refractivity contribution in [3.05, 3.63) is 83.2 Å². The van der Waals surface area contributed by atoms with Gasteiger partial charge in [0.15, 0.2) is 5.69 Å². The minimum absolute atomic E-state index is 0.103. The molecule has 0 radical (unpaired) electrons. The zero-order chi connectivity index (χ0) is 30.0. The van der Waals surface area contributed by atoms with E-state index >= 15 is 0 Å². The summed E-state index contributed by atoms with van der Waals surface area (Å²) < 4.78 is 7.80. The van der Waals surface area contributed by atoms with Crippen LogP contribution in [-0.4, -0.2) is 45.2 Å². The Hall–Kier alpha value is -4.60. The second-order valence-corrected chi connectivity index (χ2v) is 11.3. The van der Waals surface area contributed by atoms with Crippen LogP contribution in [0, 0.1) is 12.8 Å². The van der Waals surface area contributed by atoms with Gasteiger partial charge in [-0.15, -0.1) is 0 Å². The number of hydrogen-bond acceptors (Lipinski definition) is 5. The molecule has 5 rings (SSSR count). The summed E-state index contributed by atoms with van der Waals surface area (Å²) >= 11 is 0. The number of benzene rings is 2. The summed E-state index contributed by atoms with van der Waals surface area (Å²) in [6.45, 7) is 6.09. The van der Waals surface area contributed by atoms with Gasteiger partial charge >= 0.3 is 12.0 Å². The Balaban J connectivity index is 1.43. The van der Waals surface area contributed by atoms with Crippen molar-refractivity contribution < 1.29 is 23.9 Å². The molecule has 1 unspecified atom stereocenters. The first kappa shape index (κ1) is 28.9. The number of carboxylic acid groups (broad SMARTS) is 1. The van der Waals surface area contributed by atoms with Crippen LogP contribution in [0.5, 0.6) is 0 Å². The van der Waals surface area contributed by atoms with Crippen LogP contribution in [0.2, 0.25) is 0 Å². The Bertz CT molecular complexity index is 1620. The number of amides is 3. The minimum Gasteiger partial charge on any atom is -0.476 e. The average molecular weight is 572 g/mol. The Kier molecular flexibility index (Phi) is 8.33. The first-order chi connectivity index (χ1) is 20.1. The highest BCUT2D eigenvalue weighted by Crippen LogP contribution is 2.29. The Labute approximate surface area is 244 Å². The van der Waals surface area contributed by atoms with E-state index in [4.69, 9.17) is 4.42 Å². The molecular formula is C32H37N5O5. The SMILES string of the molecule is Cc1oc([C@@H](Cc2cn(C)c3ccccc23)NC(=O)C(CC(C)C)NC(=O)N2CCCc3ccccc32)nc1C(=O)O. The van der Waals surface area contributed by atoms with Crippen LogP contribution < -0.4 is 15.5 Å². The topological polar surface area (TPSA) is 130 Å². The third-order valence-corrected chi connectivity index (χ3v) is 7.71. The van der Waals surface area contributed by atoms with Gasteiger partial charge in [-0.25, -0.2) is 14.6 Å². The summed E-state index contributed by atoms with van der Waals surface area (Å²) in [5.74, 6) is -1.21. The van der Waals surface area contributed by atoms with Gasteiger partial charge < -0.3 is 24.7 Å². The van der Waals surface area contributed by atoms with Gasteiger partial charge in [0, 0.05) is 42.8 Å². The van der Waals surface area contributed by atoms with E-state index in [0.29, 0.717) is 19.4 Å². The van der Waals surface area contributed by atoms with Crippen LogP contribution in [0.3, 0.4) is 0 Å². The van der Waals surface area contributed by atoms with Gasteiger partial charge in [0.1, 0.15) is 17.8 Å². The second-order valence-electron chi connectivity index (χ2n) is 11.3. The van der Waals surface area contributed by atoms with Crippen LogP contribution in [-0.2, 0) is 24.7 Å². The fourth-order valence-electron chi connectivity index (χ4n) is 5.72. The van der Waals surface area contributed by atoms with Crippen LogP contribution in [0.1, 0.15) is 66.0 Å². The third kappa shape index (κ3) is 6.02. The lowest BCUT2D eigenvalue weighted by Gasteiger charge is -2.31. The number of aryl methyl sites for hydroxylation is 3. The zero-order valence-corrected chi connectivity index (χ0v) is 24.4. The van der Waals surface area contributed by atoms with Gasteiger partial charge in [-0.1, -0.05) is 50.2 Å². The number of rotatable bonds is 9. The molecule has 10 nitrogen and oxygen atoms in total. The molecule has 0 spiro atoms. The third-order valence-electron chi connectivity index (χ3n) is 7.71. The molecule has 10 heteroatoms. The minimum atomic E-state index is -1.20.